The molecule has 2 aliphatic heterocycles. The molecule has 0 spiro atoms. The number of likely N-dealkylation sites (tertiary alicyclic amines) is 1. The molecule has 1 saturated heterocycles. The summed E-state index contributed by atoms with van der Waals surface area (Å²) in [7, 11) is 4.72. The van der Waals surface area contributed by atoms with Crippen LogP contribution in [0.5, 0.6) is 17.2 Å². The SMILES string of the molecule is COc1cc([C@H]2CC(=O)N(CC(=O)N3CCCC3)c3ccccc3S2)cc(OC)c1OC. The number of ether oxygens (including phenoxy) is 3. The predicted molar refractivity (Wildman–Crippen MR) is 124 cm³/mol. The molecule has 0 N–H and O–H groups in total. The van der Waals surface area contributed by atoms with E-state index in [1.807, 2.05) is 41.3 Å². The molecule has 32 heavy (non-hydrogen) atoms. The highest BCUT2D eigenvalue weighted by Crippen LogP contribution is 2.49. The van der Waals surface area contributed by atoms with Gasteiger partial charge in [-0.15, -0.1) is 11.8 Å². The molecule has 2 aromatic carbocycles. The lowest BCUT2D eigenvalue weighted by atomic mass is 10.1. The van der Waals surface area contributed by atoms with Gasteiger partial charge in [0.25, 0.3) is 0 Å². The quantitative estimate of drug-likeness (QED) is 0.657. The van der Waals surface area contributed by atoms with Crippen LogP contribution < -0.4 is 19.1 Å². The number of methoxy groups -OCH3 is 3. The van der Waals surface area contributed by atoms with Gasteiger partial charge in [-0.25, -0.2) is 0 Å². The van der Waals surface area contributed by atoms with Crippen LogP contribution >= 0.6 is 11.8 Å². The van der Waals surface area contributed by atoms with Gasteiger partial charge >= 0.3 is 0 Å². The maximum Gasteiger partial charge on any atom is 0.242 e. The molecule has 0 saturated carbocycles. The molecule has 1 fully saturated rings. The number of anilines is 1. The van der Waals surface area contributed by atoms with E-state index in [4.69, 9.17) is 14.2 Å². The third-order valence-electron chi connectivity index (χ3n) is 5.90. The van der Waals surface area contributed by atoms with Crippen molar-refractivity contribution < 1.29 is 23.8 Å². The Morgan fingerprint density at radius 1 is 1.03 bits per heavy atom. The van der Waals surface area contributed by atoms with Gasteiger partial charge in [0.05, 0.1) is 27.0 Å². The molecule has 0 radical (unpaired) electrons. The number of hydrogen-bond donors (Lipinski definition) is 0. The van der Waals surface area contributed by atoms with Crippen molar-refractivity contribution in [2.24, 2.45) is 0 Å². The minimum atomic E-state index is -0.163. The molecule has 8 heteroatoms. The smallest absolute Gasteiger partial charge is 0.242 e. The summed E-state index contributed by atoms with van der Waals surface area (Å²) in [6.45, 7) is 1.61. The zero-order valence-electron chi connectivity index (χ0n) is 18.6. The van der Waals surface area contributed by atoms with Crippen LogP contribution in [0.1, 0.15) is 30.1 Å². The van der Waals surface area contributed by atoms with Crippen molar-refractivity contribution in [3.8, 4) is 17.2 Å². The lowest BCUT2D eigenvalue weighted by molar-refractivity contribution is -0.130. The minimum absolute atomic E-state index is 0.00175. The molecule has 2 aromatic rings. The standard InChI is InChI=1S/C24H28N2O5S/c1-29-18-12-16(13-19(30-2)24(18)31-3)21-14-22(27)26(15-23(28)25-10-6-7-11-25)17-8-4-5-9-20(17)32-21/h4-5,8-9,12-13,21H,6-7,10-11,14-15H2,1-3H3/t21-/m1/s1. The Morgan fingerprint density at radius 3 is 2.31 bits per heavy atom. The molecule has 1 atom stereocenters. The Morgan fingerprint density at radius 2 is 1.69 bits per heavy atom. The topological polar surface area (TPSA) is 68.3 Å². The van der Waals surface area contributed by atoms with Gasteiger partial charge in [0.2, 0.25) is 17.6 Å². The monoisotopic (exact) mass is 456 g/mol. The van der Waals surface area contributed by atoms with Crippen LogP contribution in [0.15, 0.2) is 41.3 Å². The van der Waals surface area contributed by atoms with Crippen molar-refractivity contribution in [3.05, 3.63) is 42.0 Å². The maximum absolute atomic E-state index is 13.4. The van der Waals surface area contributed by atoms with Gasteiger partial charge in [-0.2, -0.15) is 0 Å². The fourth-order valence-corrected chi connectivity index (χ4v) is 5.49. The minimum Gasteiger partial charge on any atom is -0.493 e. The first-order chi connectivity index (χ1) is 15.5. The fraction of sp³-hybridized carbons (Fsp3) is 0.417. The fourth-order valence-electron chi connectivity index (χ4n) is 4.23. The number of rotatable bonds is 6. The number of nitrogens with zero attached hydrogens (tertiary/aromatic N) is 2. The molecule has 4 rings (SSSR count). The Kier molecular flexibility index (Phi) is 6.79. The molecule has 170 valence electrons. The third-order valence-corrected chi connectivity index (χ3v) is 7.22. The van der Waals surface area contributed by atoms with Crippen LogP contribution in [0, 0.1) is 0 Å². The number of amides is 2. The number of fused-ring (bicyclic) bond motifs is 1. The molecule has 2 heterocycles. The summed E-state index contributed by atoms with van der Waals surface area (Å²) in [5, 5.41) is -0.163. The predicted octanol–water partition coefficient (Wildman–Crippen LogP) is 3.90. The van der Waals surface area contributed by atoms with E-state index in [2.05, 4.69) is 0 Å². The maximum atomic E-state index is 13.4. The second-order valence-corrected chi connectivity index (χ2v) is 9.05. The Hall–Kier alpha value is -2.87. The van der Waals surface area contributed by atoms with Gasteiger partial charge in [-0.05, 0) is 42.7 Å². The molecular weight excluding hydrogens is 428 g/mol. The number of carbonyl (C=O) groups excluding carboxylic acids is 2. The Balaban J connectivity index is 1.67. The van der Waals surface area contributed by atoms with E-state index in [9.17, 15) is 9.59 Å². The van der Waals surface area contributed by atoms with Crippen molar-refractivity contribution in [2.75, 3.05) is 45.9 Å². The van der Waals surface area contributed by atoms with Crippen LogP contribution in [0.2, 0.25) is 0 Å². The van der Waals surface area contributed by atoms with Crippen LogP contribution in [0.25, 0.3) is 0 Å². The number of benzene rings is 2. The zero-order chi connectivity index (χ0) is 22.7. The molecule has 0 bridgehead atoms. The summed E-state index contributed by atoms with van der Waals surface area (Å²) in [5.74, 6) is 1.54. The number of hydrogen-bond acceptors (Lipinski definition) is 6. The van der Waals surface area contributed by atoms with Gasteiger partial charge in [-0.3, -0.25) is 9.59 Å². The molecule has 0 aliphatic carbocycles. The normalized spacial score (nSPS) is 18.2. The van der Waals surface area contributed by atoms with Crippen LogP contribution in [0.4, 0.5) is 5.69 Å². The molecular formula is C24H28N2O5S. The highest BCUT2D eigenvalue weighted by Gasteiger charge is 2.32. The van der Waals surface area contributed by atoms with Gasteiger partial charge in [-0.1, -0.05) is 12.1 Å². The highest BCUT2D eigenvalue weighted by atomic mass is 32.2. The lowest BCUT2D eigenvalue weighted by Crippen LogP contribution is -2.42. The van der Waals surface area contributed by atoms with Crippen LogP contribution in [-0.2, 0) is 9.59 Å². The average Bonchev–Trinajstić information content (AvgIpc) is 3.32. The third kappa shape index (κ3) is 4.37. The Labute approximate surface area is 192 Å². The summed E-state index contributed by atoms with van der Waals surface area (Å²) in [4.78, 5) is 30.7. The highest BCUT2D eigenvalue weighted by molar-refractivity contribution is 7.99. The molecule has 7 nitrogen and oxygen atoms in total. The van der Waals surface area contributed by atoms with E-state index in [0.717, 1.165) is 42.1 Å². The number of thioether (sulfide) groups is 1. The van der Waals surface area contributed by atoms with Crippen LogP contribution in [-0.4, -0.2) is 57.7 Å². The molecule has 0 unspecified atom stereocenters. The summed E-state index contributed by atoms with van der Waals surface area (Å²) in [6, 6.07) is 11.5. The second-order valence-electron chi connectivity index (χ2n) is 7.80. The van der Waals surface area contributed by atoms with Crippen molar-refractivity contribution in [2.45, 2.75) is 29.4 Å². The summed E-state index contributed by atoms with van der Waals surface area (Å²) >= 11 is 1.61. The van der Waals surface area contributed by atoms with Crippen LogP contribution in [0.3, 0.4) is 0 Å². The number of para-hydroxylation sites is 1. The van der Waals surface area contributed by atoms with E-state index in [1.165, 1.54) is 0 Å². The first kappa shape index (κ1) is 22.3. The zero-order valence-corrected chi connectivity index (χ0v) is 19.4. The molecule has 2 amide bonds. The van der Waals surface area contributed by atoms with E-state index in [-0.39, 0.29) is 30.0 Å². The van der Waals surface area contributed by atoms with Crippen molar-refractivity contribution in [1.82, 2.24) is 4.90 Å². The first-order valence-corrected chi connectivity index (χ1v) is 11.6. The van der Waals surface area contributed by atoms with Crippen molar-refractivity contribution in [3.63, 3.8) is 0 Å². The van der Waals surface area contributed by atoms with E-state index in [0.29, 0.717) is 17.2 Å². The van der Waals surface area contributed by atoms with Gasteiger partial charge in [0.15, 0.2) is 11.5 Å². The van der Waals surface area contributed by atoms with E-state index >= 15 is 0 Å². The van der Waals surface area contributed by atoms with Crippen molar-refractivity contribution in [1.29, 1.82) is 0 Å². The summed E-state index contributed by atoms with van der Waals surface area (Å²) < 4.78 is 16.5. The lowest BCUT2D eigenvalue weighted by Gasteiger charge is -2.25. The van der Waals surface area contributed by atoms with Gasteiger partial charge in [0, 0.05) is 29.7 Å². The summed E-state index contributed by atoms with van der Waals surface area (Å²) in [6.07, 6.45) is 2.30. The largest absolute Gasteiger partial charge is 0.493 e. The van der Waals surface area contributed by atoms with Crippen molar-refractivity contribution >= 4 is 29.3 Å². The Bertz CT molecular complexity index is 981. The second kappa shape index (κ2) is 9.73. The first-order valence-electron chi connectivity index (χ1n) is 10.7. The molecule has 2 aliphatic rings. The number of carbonyl (C=O) groups is 2. The van der Waals surface area contributed by atoms with Gasteiger partial charge < -0.3 is 24.0 Å². The average molecular weight is 457 g/mol. The summed E-state index contributed by atoms with van der Waals surface area (Å²) in [5.41, 5.74) is 1.69. The van der Waals surface area contributed by atoms with E-state index in [1.54, 1.807) is 38.0 Å². The van der Waals surface area contributed by atoms with Gasteiger partial charge in [0.1, 0.15) is 6.54 Å². The molecule has 0 aromatic heterocycles. The van der Waals surface area contributed by atoms with E-state index < -0.39 is 0 Å².